The Morgan fingerprint density at radius 3 is 2.48 bits per heavy atom. The number of hydrogen-bond donors (Lipinski definition) is 0. The molecular weight excluding hydrogens is 308 g/mol. The lowest BCUT2D eigenvalue weighted by molar-refractivity contribution is -0.254. The minimum atomic E-state index is -1.27. The summed E-state index contributed by atoms with van der Waals surface area (Å²) in [6.07, 6.45) is 0.774. The van der Waals surface area contributed by atoms with Crippen LogP contribution in [0.3, 0.4) is 0 Å². The Kier molecular flexibility index (Phi) is 3.49. The van der Waals surface area contributed by atoms with Gasteiger partial charge in [-0.2, -0.15) is 0 Å². The third-order valence-corrected chi connectivity index (χ3v) is 4.83. The topological polar surface area (TPSA) is 57.2 Å². The van der Waals surface area contributed by atoms with Gasteiger partial charge >= 0.3 is 0 Å². The average molecular weight is 316 g/mol. The Morgan fingerprint density at radius 2 is 1.86 bits per heavy atom. The van der Waals surface area contributed by atoms with Crippen molar-refractivity contribution in [2.75, 3.05) is 0 Å². The van der Waals surface area contributed by atoms with Crippen molar-refractivity contribution in [3.63, 3.8) is 0 Å². The Labute approximate surface area is 129 Å². The standard InChI is InChI=1S/C16H9ClO3S/c17-14-13-11(10-6-4-9(8-18)5-7-10)2-1-3-12(13)21-15(14)16(19)20/h1-8H,(H,19,20)/p-1. The number of rotatable bonds is 3. The molecule has 0 bridgehead atoms. The lowest BCUT2D eigenvalue weighted by atomic mass is 10.0. The molecule has 0 atom stereocenters. The SMILES string of the molecule is O=Cc1ccc(-c2cccc3sc(C(=O)[O-])c(Cl)c23)cc1. The summed E-state index contributed by atoms with van der Waals surface area (Å²) in [7, 11) is 0. The van der Waals surface area contributed by atoms with Crippen LogP contribution in [0.15, 0.2) is 42.5 Å². The first-order valence-electron chi connectivity index (χ1n) is 6.10. The van der Waals surface area contributed by atoms with Crippen molar-refractivity contribution >= 4 is 45.3 Å². The molecule has 104 valence electrons. The molecule has 0 saturated heterocycles. The molecular formula is C16H8ClO3S-. The normalized spacial score (nSPS) is 10.7. The summed E-state index contributed by atoms with van der Waals surface area (Å²) < 4.78 is 0.788. The molecule has 0 amide bonds. The number of aldehydes is 1. The van der Waals surface area contributed by atoms with Crippen molar-refractivity contribution in [1.29, 1.82) is 0 Å². The van der Waals surface area contributed by atoms with Crippen LogP contribution in [0.5, 0.6) is 0 Å². The molecule has 3 aromatic rings. The predicted octanol–water partition coefficient (Wildman–Crippen LogP) is 3.40. The number of carbonyl (C=O) groups is 2. The fraction of sp³-hybridized carbons (Fsp3) is 0. The molecule has 0 aliphatic carbocycles. The molecule has 5 heteroatoms. The molecule has 0 N–H and O–H groups in total. The molecule has 0 radical (unpaired) electrons. The van der Waals surface area contributed by atoms with Crippen molar-refractivity contribution in [1.82, 2.24) is 0 Å². The van der Waals surface area contributed by atoms with Gasteiger partial charge in [0.2, 0.25) is 0 Å². The number of aromatic carboxylic acids is 1. The summed E-state index contributed by atoms with van der Waals surface area (Å²) in [5, 5.41) is 12.0. The molecule has 0 spiro atoms. The van der Waals surface area contributed by atoms with E-state index in [4.69, 9.17) is 11.6 Å². The van der Waals surface area contributed by atoms with E-state index in [2.05, 4.69) is 0 Å². The first-order chi connectivity index (χ1) is 10.1. The van der Waals surface area contributed by atoms with Crippen LogP contribution >= 0.6 is 22.9 Å². The lowest BCUT2D eigenvalue weighted by Gasteiger charge is -2.05. The van der Waals surface area contributed by atoms with Gasteiger partial charge in [-0.3, -0.25) is 4.79 Å². The van der Waals surface area contributed by atoms with Crippen LogP contribution in [0.1, 0.15) is 20.0 Å². The van der Waals surface area contributed by atoms with Gasteiger partial charge in [-0.05, 0) is 17.2 Å². The van der Waals surface area contributed by atoms with Crippen LogP contribution < -0.4 is 5.11 Å². The minimum absolute atomic E-state index is 0.0311. The highest BCUT2D eigenvalue weighted by Crippen LogP contribution is 2.40. The van der Waals surface area contributed by atoms with E-state index in [1.54, 1.807) is 12.1 Å². The van der Waals surface area contributed by atoms with E-state index in [-0.39, 0.29) is 9.90 Å². The molecule has 3 rings (SSSR count). The maximum atomic E-state index is 11.1. The van der Waals surface area contributed by atoms with E-state index < -0.39 is 5.97 Å². The molecule has 2 aromatic carbocycles. The van der Waals surface area contributed by atoms with Gasteiger partial charge in [-0.1, -0.05) is 48.0 Å². The molecule has 0 saturated carbocycles. The van der Waals surface area contributed by atoms with Crippen LogP contribution in [0.4, 0.5) is 0 Å². The maximum absolute atomic E-state index is 11.1. The Hall–Kier alpha value is -2.17. The minimum Gasteiger partial charge on any atom is -0.544 e. The molecule has 0 fully saturated rings. The van der Waals surface area contributed by atoms with Gasteiger partial charge in [0.05, 0.1) is 15.9 Å². The average Bonchev–Trinajstić information content (AvgIpc) is 2.85. The highest BCUT2D eigenvalue weighted by Gasteiger charge is 2.15. The summed E-state index contributed by atoms with van der Waals surface area (Å²) in [5.41, 5.74) is 2.28. The third-order valence-electron chi connectivity index (χ3n) is 3.20. The summed E-state index contributed by atoms with van der Waals surface area (Å²) in [5.74, 6) is -1.27. The molecule has 1 aromatic heterocycles. The number of carboxylic acids is 1. The smallest absolute Gasteiger partial charge is 0.150 e. The maximum Gasteiger partial charge on any atom is 0.150 e. The van der Waals surface area contributed by atoms with Crippen molar-refractivity contribution in [2.45, 2.75) is 0 Å². The van der Waals surface area contributed by atoms with Gasteiger partial charge < -0.3 is 9.90 Å². The highest BCUT2D eigenvalue weighted by molar-refractivity contribution is 7.21. The molecule has 0 aliphatic heterocycles. The molecule has 3 nitrogen and oxygen atoms in total. The summed E-state index contributed by atoms with van der Waals surface area (Å²) in [6.45, 7) is 0. The summed E-state index contributed by atoms with van der Waals surface area (Å²) >= 11 is 7.30. The Bertz CT molecular complexity index is 850. The zero-order valence-corrected chi connectivity index (χ0v) is 12.2. The van der Waals surface area contributed by atoms with Crippen molar-refractivity contribution in [3.8, 4) is 11.1 Å². The van der Waals surface area contributed by atoms with Crippen molar-refractivity contribution in [2.24, 2.45) is 0 Å². The first-order valence-corrected chi connectivity index (χ1v) is 7.29. The van der Waals surface area contributed by atoms with Gasteiger partial charge in [0.1, 0.15) is 6.29 Å². The quantitative estimate of drug-likeness (QED) is 0.696. The second-order valence-electron chi connectivity index (χ2n) is 4.45. The number of fused-ring (bicyclic) bond motifs is 1. The second kappa shape index (κ2) is 5.31. The first kappa shape index (κ1) is 13.8. The van der Waals surface area contributed by atoms with E-state index >= 15 is 0 Å². The van der Waals surface area contributed by atoms with Crippen LogP contribution in [0.25, 0.3) is 21.2 Å². The third kappa shape index (κ3) is 2.33. The number of carbonyl (C=O) groups excluding carboxylic acids is 2. The number of hydrogen-bond acceptors (Lipinski definition) is 4. The van der Waals surface area contributed by atoms with Gasteiger partial charge in [-0.25, -0.2) is 0 Å². The van der Waals surface area contributed by atoms with E-state index in [9.17, 15) is 14.7 Å². The largest absolute Gasteiger partial charge is 0.544 e. The Morgan fingerprint density at radius 1 is 1.14 bits per heavy atom. The molecule has 0 unspecified atom stereocenters. The number of benzene rings is 2. The zero-order chi connectivity index (χ0) is 15.0. The highest BCUT2D eigenvalue weighted by atomic mass is 35.5. The van der Waals surface area contributed by atoms with E-state index in [0.717, 1.165) is 33.4 Å². The predicted molar refractivity (Wildman–Crippen MR) is 82.0 cm³/mol. The summed E-state index contributed by atoms with van der Waals surface area (Å²) in [4.78, 5) is 21.8. The van der Waals surface area contributed by atoms with E-state index in [1.807, 2.05) is 30.3 Å². The number of halogens is 1. The molecule has 21 heavy (non-hydrogen) atoms. The lowest BCUT2D eigenvalue weighted by Crippen LogP contribution is -2.21. The molecule has 0 aliphatic rings. The van der Waals surface area contributed by atoms with Gasteiger partial charge in [0, 0.05) is 15.6 Å². The van der Waals surface area contributed by atoms with Crippen molar-refractivity contribution < 1.29 is 14.7 Å². The van der Waals surface area contributed by atoms with Gasteiger partial charge in [0.25, 0.3) is 0 Å². The van der Waals surface area contributed by atoms with E-state index in [1.165, 1.54) is 0 Å². The number of thiophene rings is 1. The van der Waals surface area contributed by atoms with Crippen LogP contribution in [-0.2, 0) is 0 Å². The Balaban J connectivity index is 2.26. The van der Waals surface area contributed by atoms with Crippen molar-refractivity contribution in [3.05, 3.63) is 57.9 Å². The molecule has 1 heterocycles. The number of carboxylic acid groups (broad SMARTS) is 1. The van der Waals surface area contributed by atoms with Gasteiger partial charge in [-0.15, -0.1) is 11.3 Å². The van der Waals surface area contributed by atoms with E-state index in [0.29, 0.717) is 10.9 Å². The fourth-order valence-corrected chi connectivity index (χ4v) is 3.63. The van der Waals surface area contributed by atoms with Crippen LogP contribution in [0.2, 0.25) is 5.02 Å². The zero-order valence-electron chi connectivity index (χ0n) is 10.6. The van der Waals surface area contributed by atoms with Crippen LogP contribution in [0, 0.1) is 0 Å². The fourth-order valence-electron chi connectivity index (χ4n) is 2.22. The second-order valence-corrected chi connectivity index (χ2v) is 5.88. The summed E-state index contributed by atoms with van der Waals surface area (Å²) in [6, 6.07) is 12.6. The van der Waals surface area contributed by atoms with Crippen LogP contribution in [-0.4, -0.2) is 12.3 Å². The monoisotopic (exact) mass is 315 g/mol. The van der Waals surface area contributed by atoms with Gasteiger partial charge in [0.15, 0.2) is 0 Å².